The Bertz CT molecular complexity index is 2190. The number of carboxylic acids is 1. The number of fused-ring (bicyclic) bond motifs is 1. The molecule has 0 radical (unpaired) electrons. The molecule has 48 heavy (non-hydrogen) atoms. The summed E-state index contributed by atoms with van der Waals surface area (Å²) in [5.41, 5.74) is 5.22. The zero-order valence-corrected chi connectivity index (χ0v) is 28.2. The van der Waals surface area contributed by atoms with Gasteiger partial charge in [0.25, 0.3) is 11.5 Å². The number of para-hydroxylation sites is 1. The van der Waals surface area contributed by atoms with Crippen molar-refractivity contribution in [1.82, 2.24) is 14.3 Å². The summed E-state index contributed by atoms with van der Waals surface area (Å²) in [6.45, 7) is 9.25. The maximum absolute atomic E-state index is 14.2. The molecule has 11 heteroatoms. The van der Waals surface area contributed by atoms with Crippen molar-refractivity contribution < 1.29 is 23.8 Å². The van der Waals surface area contributed by atoms with Gasteiger partial charge in [0.2, 0.25) is 0 Å². The number of hydrogen-bond donors (Lipinski definition) is 1. The summed E-state index contributed by atoms with van der Waals surface area (Å²) in [6, 6.07) is 23.0. The number of nitrogens with zero attached hydrogens (tertiary/aromatic N) is 4. The Balaban J connectivity index is 0.00000107. The van der Waals surface area contributed by atoms with Crippen LogP contribution in [0.2, 0.25) is 0 Å². The van der Waals surface area contributed by atoms with E-state index in [1.165, 1.54) is 30.6 Å². The third kappa shape index (κ3) is 7.11. The fourth-order valence-electron chi connectivity index (χ4n) is 5.35. The molecular formula is C37H35FN4O5S. The van der Waals surface area contributed by atoms with Gasteiger partial charge in [-0.3, -0.25) is 14.2 Å². The number of carbonyl (C=O) groups excluding carboxylic acids is 1. The molecule has 1 aliphatic rings. The number of allylic oxidation sites excluding steroid dienone is 1. The van der Waals surface area contributed by atoms with Crippen LogP contribution >= 0.6 is 11.3 Å². The van der Waals surface area contributed by atoms with Crippen molar-refractivity contribution in [3.8, 4) is 16.9 Å². The number of ether oxygens (including phenoxy) is 1. The third-order valence-corrected chi connectivity index (χ3v) is 8.67. The summed E-state index contributed by atoms with van der Waals surface area (Å²) < 4.78 is 22.7. The molecule has 3 heterocycles. The van der Waals surface area contributed by atoms with Gasteiger partial charge in [0.05, 0.1) is 34.6 Å². The molecule has 1 N–H and O–H groups in total. The number of carbonyl (C=O) groups is 2. The first-order valence-electron chi connectivity index (χ1n) is 15.1. The molecule has 5 aromatic rings. The van der Waals surface area contributed by atoms with E-state index >= 15 is 0 Å². The van der Waals surface area contributed by atoms with Gasteiger partial charge in [-0.2, -0.15) is 5.10 Å². The van der Waals surface area contributed by atoms with E-state index < -0.39 is 18.0 Å². The molecule has 246 valence electrons. The summed E-state index contributed by atoms with van der Waals surface area (Å²) in [5.74, 6) is -1.72. The molecule has 1 unspecified atom stereocenters. The zero-order valence-electron chi connectivity index (χ0n) is 27.4. The van der Waals surface area contributed by atoms with Crippen LogP contribution in [0.25, 0.3) is 23.0 Å². The molecule has 0 bridgehead atoms. The highest BCUT2D eigenvalue weighted by molar-refractivity contribution is 7.07. The Morgan fingerprint density at radius 2 is 1.62 bits per heavy atom. The average molecular weight is 667 g/mol. The van der Waals surface area contributed by atoms with Crippen molar-refractivity contribution >= 4 is 29.4 Å². The van der Waals surface area contributed by atoms with Gasteiger partial charge < -0.3 is 9.84 Å². The Morgan fingerprint density at radius 1 is 1.00 bits per heavy atom. The SMILES string of the molecule is CC(=O)O.COC(=O)C1=C(C)N=c2s/c(=C\c3cn(-c4ccccc4)nc3-c3ccc(F)cc3)c(=O)n2C1c1ccc(C(C)(C)C)cc1. The van der Waals surface area contributed by atoms with Gasteiger partial charge >= 0.3 is 5.97 Å². The third-order valence-electron chi connectivity index (χ3n) is 7.69. The van der Waals surface area contributed by atoms with Crippen molar-refractivity contribution in [2.45, 2.75) is 46.1 Å². The van der Waals surface area contributed by atoms with E-state index in [9.17, 15) is 14.0 Å². The normalized spacial score (nSPS) is 14.5. The lowest BCUT2D eigenvalue weighted by atomic mass is 9.85. The number of hydrogen-bond acceptors (Lipinski definition) is 7. The molecule has 1 atom stereocenters. The molecule has 2 aromatic heterocycles. The maximum Gasteiger partial charge on any atom is 0.338 e. The molecule has 0 fully saturated rings. The summed E-state index contributed by atoms with van der Waals surface area (Å²) in [5, 5.41) is 12.2. The minimum Gasteiger partial charge on any atom is -0.481 e. The van der Waals surface area contributed by atoms with Crippen LogP contribution in [0.15, 0.2) is 106 Å². The Hall–Kier alpha value is -5.42. The molecule has 0 amide bonds. The van der Waals surface area contributed by atoms with E-state index in [2.05, 4.69) is 25.8 Å². The number of methoxy groups -OCH3 is 1. The minimum absolute atomic E-state index is 0.0592. The predicted octanol–water partition coefficient (Wildman–Crippen LogP) is 5.79. The molecule has 9 nitrogen and oxygen atoms in total. The Labute approximate surface area is 280 Å². The van der Waals surface area contributed by atoms with Crippen molar-refractivity contribution in [1.29, 1.82) is 0 Å². The van der Waals surface area contributed by atoms with E-state index in [-0.39, 0.29) is 16.8 Å². The van der Waals surface area contributed by atoms with Crippen LogP contribution in [0.5, 0.6) is 0 Å². The van der Waals surface area contributed by atoms with Gasteiger partial charge in [-0.15, -0.1) is 0 Å². The lowest BCUT2D eigenvalue weighted by molar-refractivity contribution is -0.137. The average Bonchev–Trinajstić information content (AvgIpc) is 3.60. The predicted molar refractivity (Wildman–Crippen MR) is 183 cm³/mol. The van der Waals surface area contributed by atoms with Crippen LogP contribution in [0, 0.1) is 5.82 Å². The first-order chi connectivity index (χ1) is 22.8. The Morgan fingerprint density at radius 3 is 2.21 bits per heavy atom. The van der Waals surface area contributed by atoms with Crippen LogP contribution in [0.3, 0.4) is 0 Å². The summed E-state index contributed by atoms with van der Waals surface area (Å²) >= 11 is 1.24. The number of thiazole rings is 1. The number of carboxylic acid groups (broad SMARTS) is 1. The highest BCUT2D eigenvalue weighted by atomic mass is 32.1. The van der Waals surface area contributed by atoms with Gasteiger partial charge in [-0.05, 0) is 65.9 Å². The van der Waals surface area contributed by atoms with Crippen LogP contribution in [0.4, 0.5) is 4.39 Å². The van der Waals surface area contributed by atoms with E-state index in [1.54, 1.807) is 34.4 Å². The summed E-state index contributed by atoms with van der Waals surface area (Å²) in [7, 11) is 1.33. The number of halogens is 1. The Kier molecular flexibility index (Phi) is 9.72. The fraction of sp³-hybridized carbons (Fsp3) is 0.216. The zero-order chi connectivity index (χ0) is 34.7. The molecule has 6 rings (SSSR count). The number of benzene rings is 3. The molecule has 0 spiro atoms. The molecule has 1 aliphatic heterocycles. The van der Waals surface area contributed by atoms with Crippen LogP contribution < -0.4 is 14.9 Å². The molecule has 3 aromatic carbocycles. The van der Waals surface area contributed by atoms with E-state index in [0.29, 0.717) is 37.4 Å². The van der Waals surface area contributed by atoms with Gasteiger partial charge in [-0.25, -0.2) is 18.9 Å². The van der Waals surface area contributed by atoms with Gasteiger partial charge in [-0.1, -0.05) is 74.6 Å². The molecule has 0 saturated heterocycles. The summed E-state index contributed by atoms with van der Waals surface area (Å²) in [6.07, 6.45) is 3.63. The van der Waals surface area contributed by atoms with Gasteiger partial charge in [0.1, 0.15) is 11.5 Å². The van der Waals surface area contributed by atoms with Crippen molar-refractivity contribution in [3.63, 3.8) is 0 Å². The standard InChI is InChI=1S/C35H31FN4O3S.C2H4O2/c1-21-29(33(42)43-5)31(23-11-15-25(16-12-23)35(2,3)4)40-32(41)28(44-34(40)37-21)19-24-20-39(27-9-7-6-8-10-27)38-30(24)22-13-17-26(36)18-14-22;1-2(3)4/h6-20,31H,1-5H3;1H3,(H,3,4)/b28-19-;. The van der Waals surface area contributed by atoms with Crippen molar-refractivity contribution in [2.75, 3.05) is 7.11 Å². The number of esters is 1. The largest absolute Gasteiger partial charge is 0.481 e. The molecular weight excluding hydrogens is 631 g/mol. The van der Waals surface area contributed by atoms with Crippen LogP contribution in [-0.4, -0.2) is 38.5 Å². The lowest BCUT2D eigenvalue weighted by Gasteiger charge is -2.25. The second-order valence-corrected chi connectivity index (χ2v) is 13.2. The van der Waals surface area contributed by atoms with Crippen LogP contribution in [-0.2, 0) is 19.7 Å². The number of aliphatic carboxylic acids is 1. The summed E-state index contributed by atoms with van der Waals surface area (Å²) in [4.78, 5) is 41.4. The quantitative estimate of drug-likeness (QED) is 0.238. The minimum atomic E-state index is -0.833. The van der Waals surface area contributed by atoms with Gasteiger partial charge in [0.15, 0.2) is 4.80 Å². The first-order valence-corrected chi connectivity index (χ1v) is 15.9. The first kappa shape index (κ1) is 33.9. The van der Waals surface area contributed by atoms with Crippen molar-refractivity contribution in [3.05, 3.63) is 139 Å². The molecule has 0 aliphatic carbocycles. The monoisotopic (exact) mass is 666 g/mol. The highest BCUT2D eigenvalue weighted by Gasteiger charge is 2.33. The van der Waals surface area contributed by atoms with E-state index in [4.69, 9.17) is 19.7 Å². The fourth-order valence-corrected chi connectivity index (χ4v) is 6.39. The maximum atomic E-state index is 14.2. The van der Waals surface area contributed by atoms with E-state index in [0.717, 1.165) is 23.7 Å². The number of aromatic nitrogens is 3. The topological polar surface area (TPSA) is 116 Å². The second kappa shape index (κ2) is 13.7. The van der Waals surface area contributed by atoms with Crippen molar-refractivity contribution in [2.24, 2.45) is 4.99 Å². The molecule has 0 saturated carbocycles. The lowest BCUT2D eigenvalue weighted by Crippen LogP contribution is -2.39. The highest BCUT2D eigenvalue weighted by Crippen LogP contribution is 2.32. The van der Waals surface area contributed by atoms with Gasteiger partial charge in [0, 0.05) is 24.2 Å². The van der Waals surface area contributed by atoms with Crippen LogP contribution in [0.1, 0.15) is 57.4 Å². The van der Waals surface area contributed by atoms with E-state index in [1.807, 2.05) is 60.8 Å². The smallest absolute Gasteiger partial charge is 0.338 e. The number of rotatable bonds is 5. The second-order valence-electron chi connectivity index (χ2n) is 12.2.